The Kier molecular flexibility index (Phi) is 6.06. The normalized spacial score (nSPS) is 20.2. The van der Waals surface area contributed by atoms with E-state index in [-0.39, 0.29) is 24.7 Å². The molecular formula is C17H18Cl2FN3O4. The fourth-order valence-corrected chi connectivity index (χ4v) is 3.23. The van der Waals surface area contributed by atoms with Crippen molar-refractivity contribution in [3.8, 4) is 0 Å². The van der Waals surface area contributed by atoms with Gasteiger partial charge in [0, 0.05) is 13.0 Å². The lowest BCUT2D eigenvalue weighted by atomic mass is 10.1. The number of amides is 3. The van der Waals surface area contributed by atoms with Gasteiger partial charge in [0.15, 0.2) is 4.84 Å². The number of anilines is 2. The largest absolute Gasteiger partial charge is 0.442 e. The smallest absolute Gasteiger partial charge is 0.414 e. The monoisotopic (exact) mass is 417 g/mol. The summed E-state index contributed by atoms with van der Waals surface area (Å²) in [6, 6.07) is 4.25. The van der Waals surface area contributed by atoms with Gasteiger partial charge in [-0.15, -0.1) is 0 Å². The SMILES string of the molecule is O=C(NC[C@H]1CN(c2ccc(N3CCCCC3=O)c(F)c2)C(=O)O1)C(Cl)Cl. The van der Waals surface area contributed by atoms with Crippen LogP contribution >= 0.6 is 23.2 Å². The molecule has 0 radical (unpaired) electrons. The Bertz CT molecular complexity index is 762. The number of ether oxygens (including phenoxy) is 1. The fourth-order valence-electron chi connectivity index (χ4n) is 3.07. The maximum Gasteiger partial charge on any atom is 0.414 e. The summed E-state index contributed by atoms with van der Waals surface area (Å²) in [6.07, 6.45) is 0.771. The third-order valence-electron chi connectivity index (χ3n) is 4.43. The first-order valence-corrected chi connectivity index (χ1v) is 9.38. The van der Waals surface area contributed by atoms with Crippen LogP contribution in [0.4, 0.5) is 20.6 Å². The highest BCUT2D eigenvalue weighted by atomic mass is 35.5. The summed E-state index contributed by atoms with van der Waals surface area (Å²) in [5.74, 6) is -1.28. The van der Waals surface area contributed by atoms with Gasteiger partial charge in [0.1, 0.15) is 11.9 Å². The first-order chi connectivity index (χ1) is 12.9. The second kappa shape index (κ2) is 8.31. The molecule has 1 N–H and O–H groups in total. The lowest BCUT2D eigenvalue weighted by Crippen LogP contribution is -2.37. The van der Waals surface area contributed by atoms with Gasteiger partial charge in [-0.25, -0.2) is 9.18 Å². The molecule has 1 atom stereocenters. The molecule has 2 heterocycles. The summed E-state index contributed by atoms with van der Waals surface area (Å²) in [4.78, 5) is 36.9. The van der Waals surface area contributed by atoms with Crippen molar-refractivity contribution in [2.45, 2.75) is 30.2 Å². The van der Waals surface area contributed by atoms with E-state index < -0.39 is 28.8 Å². The molecular weight excluding hydrogens is 400 g/mol. The van der Waals surface area contributed by atoms with Crippen LogP contribution in [0.2, 0.25) is 0 Å². The third-order valence-corrected chi connectivity index (χ3v) is 4.83. The van der Waals surface area contributed by atoms with E-state index in [1.165, 1.54) is 21.9 Å². The van der Waals surface area contributed by atoms with Gasteiger partial charge in [0.05, 0.1) is 24.5 Å². The van der Waals surface area contributed by atoms with Gasteiger partial charge in [-0.1, -0.05) is 23.2 Å². The van der Waals surface area contributed by atoms with Gasteiger partial charge < -0.3 is 15.0 Å². The second-order valence-electron chi connectivity index (χ2n) is 6.30. The zero-order valence-corrected chi connectivity index (χ0v) is 15.8. The molecule has 1 aromatic rings. The molecule has 0 spiro atoms. The van der Waals surface area contributed by atoms with Gasteiger partial charge in [-0.05, 0) is 31.0 Å². The average molecular weight is 418 g/mol. The Hall–Kier alpha value is -2.06. The van der Waals surface area contributed by atoms with Crippen molar-refractivity contribution in [3.63, 3.8) is 0 Å². The van der Waals surface area contributed by atoms with Crippen LogP contribution in [0.15, 0.2) is 18.2 Å². The summed E-state index contributed by atoms with van der Waals surface area (Å²) in [5.41, 5.74) is 0.516. The number of carbonyl (C=O) groups is 3. The number of halogens is 3. The highest BCUT2D eigenvalue weighted by molar-refractivity contribution is 6.53. The van der Waals surface area contributed by atoms with E-state index in [0.717, 1.165) is 12.8 Å². The molecule has 2 fully saturated rings. The number of hydrogen-bond donors (Lipinski definition) is 1. The minimum absolute atomic E-state index is 0.0415. The maximum absolute atomic E-state index is 14.6. The number of cyclic esters (lactones) is 1. The van der Waals surface area contributed by atoms with Crippen molar-refractivity contribution < 1.29 is 23.5 Å². The molecule has 2 saturated heterocycles. The van der Waals surface area contributed by atoms with Gasteiger partial charge in [0.2, 0.25) is 5.91 Å². The Morgan fingerprint density at radius 2 is 2.07 bits per heavy atom. The van der Waals surface area contributed by atoms with Crippen LogP contribution < -0.4 is 15.1 Å². The molecule has 7 nitrogen and oxygen atoms in total. The molecule has 3 amide bonds. The van der Waals surface area contributed by atoms with Crippen LogP contribution in [0, 0.1) is 5.82 Å². The molecule has 27 heavy (non-hydrogen) atoms. The number of nitrogens with zero attached hydrogens (tertiary/aromatic N) is 2. The molecule has 0 bridgehead atoms. The van der Waals surface area contributed by atoms with Crippen molar-refractivity contribution >= 4 is 52.5 Å². The molecule has 0 saturated carbocycles. The van der Waals surface area contributed by atoms with Crippen molar-refractivity contribution in [1.82, 2.24) is 5.32 Å². The molecule has 0 aromatic heterocycles. The minimum atomic E-state index is -1.21. The Morgan fingerprint density at radius 1 is 1.30 bits per heavy atom. The lowest BCUT2D eigenvalue weighted by molar-refractivity contribution is -0.120. The van der Waals surface area contributed by atoms with Gasteiger partial charge in [0.25, 0.3) is 5.91 Å². The predicted molar refractivity (Wildman–Crippen MR) is 98.7 cm³/mol. The van der Waals surface area contributed by atoms with Crippen LogP contribution in [-0.4, -0.2) is 48.5 Å². The van der Waals surface area contributed by atoms with Crippen LogP contribution in [0.5, 0.6) is 0 Å². The number of carbonyl (C=O) groups excluding carboxylic acids is 3. The first kappa shape index (κ1) is 19.7. The molecule has 0 unspecified atom stereocenters. The summed E-state index contributed by atoms with van der Waals surface area (Å²) in [5, 5.41) is 2.46. The van der Waals surface area contributed by atoms with Crippen molar-refractivity contribution in [1.29, 1.82) is 0 Å². The third kappa shape index (κ3) is 4.44. The van der Waals surface area contributed by atoms with E-state index in [1.807, 2.05) is 0 Å². The van der Waals surface area contributed by atoms with Crippen LogP contribution in [-0.2, 0) is 14.3 Å². The van der Waals surface area contributed by atoms with E-state index in [1.54, 1.807) is 6.07 Å². The van der Waals surface area contributed by atoms with E-state index in [0.29, 0.717) is 18.7 Å². The lowest BCUT2D eigenvalue weighted by Gasteiger charge is -2.27. The minimum Gasteiger partial charge on any atom is -0.442 e. The quantitative estimate of drug-likeness (QED) is 0.746. The highest BCUT2D eigenvalue weighted by Gasteiger charge is 2.33. The number of nitrogens with one attached hydrogen (secondary N) is 1. The van der Waals surface area contributed by atoms with Crippen LogP contribution in [0.3, 0.4) is 0 Å². The predicted octanol–water partition coefficient (Wildman–Crippen LogP) is 2.59. The summed E-state index contributed by atoms with van der Waals surface area (Å²) < 4.78 is 19.7. The summed E-state index contributed by atoms with van der Waals surface area (Å²) in [7, 11) is 0. The van der Waals surface area contributed by atoms with E-state index in [4.69, 9.17) is 27.9 Å². The van der Waals surface area contributed by atoms with Crippen molar-refractivity contribution in [3.05, 3.63) is 24.0 Å². The number of benzene rings is 1. The topological polar surface area (TPSA) is 79.0 Å². The number of hydrogen-bond acceptors (Lipinski definition) is 4. The molecule has 3 rings (SSSR count). The fraction of sp³-hybridized carbons (Fsp3) is 0.471. The molecule has 146 valence electrons. The Balaban J connectivity index is 1.67. The van der Waals surface area contributed by atoms with E-state index in [2.05, 4.69) is 5.32 Å². The number of rotatable bonds is 5. The molecule has 1 aromatic carbocycles. The first-order valence-electron chi connectivity index (χ1n) is 8.50. The highest BCUT2D eigenvalue weighted by Crippen LogP contribution is 2.29. The summed E-state index contributed by atoms with van der Waals surface area (Å²) in [6.45, 7) is 0.653. The Labute approximate surface area is 165 Å². The van der Waals surface area contributed by atoms with Crippen molar-refractivity contribution in [2.24, 2.45) is 0 Å². The van der Waals surface area contributed by atoms with E-state index in [9.17, 15) is 18.8 Å². The standard InChI is InChI=1S/C17H18Cl2FN3O4/c18-15(19)16(25)21-8-11-9-23(17(26)27-11)10-4-5-13(12(20)7-10)22-6-2-1-3-14(22)24/h4-5,7,11,15H,1-3,6,8-9H2,(H,21,25)/t11-/m0/s1. The van der Waals surface area contributed by atoms with Crippen LogP contribution in [0.1, 0.15) is 19.3 Å². The van der Waals surface area contributed by atoms with Gasteiger partial charge in [-0.3, -0.25) is 14.5 Å². The average Bonchev–Trinajstić information content (AvgIpc) is 3.01. The number of piperidine rings is 1. The van der Waals surface area contributed by atoms with E-state index >= 15 is 0 Å². The Morgan fingerprint density at radius 3 is 2.74 bits per heavy atom. The zero-order valence-electron chi connectivity index (χ0n) is 14.3. The molecule has 2 aliphatic rings. The summed E-state index contributed by atoms with van der Waals surface area (Å²) >= 11 is 10.9. The second-order valence-corrected chi connectivity index (χ2v) is 7.40. The molecule has 2 aliphatic heterocycles. The molecule has 0 aliphatic carbocycles. The number of alkyl halides is 2. The zero-order chi connectivity index (χ0) is 19.6. The van der Waals surface area contributed by atoms with Crippen LogP contribution in [0.25, 0.3) is 0 Å². The van der Waals surface area contributed by atoms with Crippen molar-refractivity contribution in [2.75, 3.05) is 29.4 Å². The molecule has 10 heteroatoms. The maximum atomic E-state index is 14.6. The van der Waals surface area contributed by atoms with Gasteiger partial charge in [-0.2, -0.15) is 0 Å². The van der Waals surface area contributed by atoms with Gasteiger partial charge >= 0.3 is 6.09 Å².